The van der Waals surface area contributed by atoms with Crippen LogP contribution in [0.2, 0.25) is 0 Å². The first-order valence-electron chi connectivity index (χ1n) is 7.92. The van der Waals surface area contributed by atoms with Crippen LogP contribution >= 0.6 is 11.3 Å². The molecule has 23 heavy (non-hydrogen) atoms. The average molecular weight is 330 g/mol. The molecule has 1 aliphatic heterocycles. The Bertz CT molecular complexity index is 675. The van der Waals surface area contributed by atoms with Crippen molar-refractivity contribution in [2.45, 2.75) is 25.8 Å². The zero-order chi connectivity index (χ0) is 16.2. The average Bonchev–Trinajstić information content (AvgIpc) is 3.02. The molecule has 1 fully saturated rings. The summed E-state index contributed by atoms with van der Waals surface area (Å²) in [6.45, 7) is 3.87. The molecule has 2 aromatic rings. The minimum absolute atomic E-state index is 0.0545. The molecule has 4 nitrogen and oxygen atoms in total. The number of rotatable bonds is 4. The molecule has 0 saturated carbocycles. The van der Waals surface area contributed by atoms with Gasteiger partial charge in [0, 0.05) is 24.0 Å². The lowest BCUT2D eigenvalue weighted by Crippen LogP contribution is -2.44. The number of benzene rings is 1. The highest BCUT2D eigenvalue weighted by Crippen LogP contribution is 2.30. The Morgan fingerprint density at radius 1 is 1.22 bits per heavy atom. The normalized spacial score (nSPS) is 15.5. The zero-order valence-corrected chi connectivity index (χ0v) is 14.4. The molecule has 0 spiro atoms. The summed E-state index contributed by atoms with van der Waals surface area (Å²) in [7, 11) is 1.70. The number of ether oxygens (including phenoxy) is 1. The van der Waals surface area contributed by atoms with Crippen molar-refractivity contribution in [1.82, 2.24) is 5.32 Å². The molecule has 1 saturated heterocycles. The molecule has 122 valence electrons. The van der Waals surface area contributed by atoms with Crippen LogP contribution in [0.25, 0.3) is 0 Å². The Morgan fingerprint density at radius 2 is 1.96 bits per heavy atom. The first-order valence-corrected chi connectivity index (χ1v) is 8.74. The van der Waals surface area contributed by atoms with Gasteiger partial charge in [-0.2, -0.15) is 0 Å². The Kier molecular flexibility index (Phi) is 4.86. The number of hydrogen-bond donors (Lipinski definition) is 1. The van der Waals surface area contributed by atoms with Gasteiger partial charge in [0.05, 0.1) is 17.7 Å². The molecule has 1 amide bonds. The number of nitrogens with one attached hydrogen (secondary N) is 1. The molecule has 1 aliphatic rings. The monoisotopic (exact) mass is 330 g/mol. The van der Waals surface area contributed by atoms with Crippen molar-refractivity contribution in [3.63, 3.8) is 0 Å². The number of para-hydroxylation sites is 2. The van der Waals surface area contributed by atoms with Gasteiger partial charge < -0.3 is 15.0 Å². The van der Waals surface area contributed by atoms with Gasteiger partial charge in [0.1, 0.15) is 5.75 Å². The molecule has 5 heteroatoms. The number of carbonyl (C=O) groups excluding carboxylic acids is 1. The van der Waals surface area contributed by atoms with Crippen molar-refractivity contribution in [3.05, 3.63) is 46.2 Å². The van der Waals surface area contributed by atoms with Crippen molar-refractivity contribution in [3.8, 4) is 5.75 Å². The first kappa shape index (κ1) is 15.9. The zero-order valence-electron chi connectivity index (χ0n) is 13.5. The van der Waals surface area contributed by atoms with Crippen molar-refractivity contribution in [2.24, 2.45) is 0 Å². The van der Waals surface area contributed by atoms with Crippen LogP contribution in [0.3, 0.4) is 0 Å². The number of amides is 1. The number of aryl methyl sites for hydroxylation is 1. The first-order chi connectivity index (χ1) is 11.2. The van der Waals surface area contributed by atoms with Crippen LogP contribution in [0.4, 0.5) is 5.69 Å². The van der Waals surface area contributed by atoms with E-state index in [0.29, 0.717) is 0 Å². The number of hydrogen-bond acceptors (Lipinski definition) is 4. The fraction of sp³-hybridized carbons (Fsp3) is 0.389. The second-order valence-corrected chi connectivity index (χ2v) is 7.10. The van der Waals surface area contributed by atoms with Crippen LogP contribution in [0.15, 0.2) is 36.4 Å². The quantitative estimate of drug-likeness (QED) is 0.933. The molecule has 2 heterocycles. The topological polar surface area (TPSA) is 41.6 Å². The Morgan fingerprint density at radius 3 is 2.61 bits per heavy atom. The van der Waals surface area contributed by atoms with Crippen molar-refractivity contribution in [1.29, 1.82) is 0 Å². The van der Waals surface area contributed by atoms with Crippen LogP contribution in [-0.4, -0.2) is 32.1 Å². The maximum absolute atomic E-state index is 12.2. The minimum atomic E-state index is 0.0545. The van der Waals surface area contributed by atoms with E-state index < -0.39 is 0 Å². The lowest BCUT2D eigenvalue weighted by Gasteiger charge is -2.34. The van der Waals surface area contributed by atoms with Crippen LogP contribution in [0, 0.1) is 6.92 Å². The molecule has 0 unspecified atom stereocenters. The van der Waals surface area contributed by atoms with Crippen molar-refractivity contribution < 1.29 is 9.53 Å². The van der Waals surface area contributed by atoms with E-state index in [4.69, 9.17) is 4.74 Å². The fourth-order valence-corrected chi connectivity index (χ4v) is 3.74. The summed E-state index contributed by atoms with van der Waals surface area (Å²) < 4.78 is 5.44. The van der Waals surface area contributed by atoms with Gasteiger partial charge in [0.2, 0.25) is 0 Å². The predicted molar refractivity (Wildman–Crippen MR) is 94.8 cm³/mol. The van der Waals surface area contributed by atoms with Crippen LogP contribution < -0.4 is 15.0 Å². The SMILES string of the molecule is COc1ccccc1N1CCC(NC(=O)c2ccc(C)s2)CC1. The molecule has 1 aromatic heterocycles. The summed E-state index contributed by atoms with van der Waals surface area (Å²) in [4.78, 5) is 16.5. The van der Waals surface area contributed by atoms with E-state index in [0.717, 1.165) is 42.2 Å². The fourth-order valence-electron chi connectivity index (χ4n) is 2.97. The third-order valence-corrected chi connectivity index (χ3v) is 5.22. The Balaban J connectivity index is 1.57. The molecular formula is C18H22N2O2S. The number of nitrogens with zero attached hydrogens (tertiary/aromatic N) is 1. The van der Waals surface area contributed by atoms with Crippen LogP contribution in [0.5, 0.6) is 5.75 Å². The summed E-state index contributed by atoms with van der Waals surface area (Å²) in [5.41, 5.74) is 1.13. The van der Waals surface area contributed by atoms with E-state index in [9.17, 15) is 4.79 Å². The number of carbonyl (C=O) groups is 1. The highest BCUT2D eigenvalue weighted by molar-refractivity contribution is 7.13. The van der Waals surface area contributed by atoms with Crippen molar-refractivity contribution >= 4 is 22.9 Å². The second kappa shape index (κ2) is 7.04. The van der Waals surface area contributed by atoms with E-state index in [1.807, 2.05) is 37.3 Å². The molecule has 0 radical (unpaired) electrons. The van der Waals surface area contributed by atoms with Crippen molar-refractivity contribution in [2.75, 3.05) is 25.1 Å². The Hall–Kier alpha value is -2.01. The van der Waals surface area contributed by atoms with Gasteiger partial charge in [-0.15, -0.1) is 11.3 Å². The third kappa shape index (κ3) is 3.67. The molecule has 1 aromatic carbocycles. The summed E-state index contributed by atoms with van der Waals surface area (Å²) >= 11 is 1.55. The summed E-state index contributed by atoms with van der Waals surface area (Å²) in [6, 6.07) is 12.2. The molecule has 0 bridgehead atoms. The number of thiophene rings is 1. The smallest absolute Gasteiger partial charge is 0.261 e. The maximum atomic E-state index is 12.2. The molecule has 3 rings (SSSR count). The molecule has 0 aliphatic carbocycles. The number of piperidine rings is 1. The largest absolute Gasteiger partial charge is 0.495 e. The standard InChI is InChI=1S/C18H22N2O2S/c1-13-7-8-17(23-13)18(21)19-14-9-11-20(12-10-14)15-5-3-4-6-16(15)22-2/h3-8,14H,9-12H2,1-2H3,(H,19,21). The van der Waals surface area contributed by atoms with E-state index in [1.54, 1.807) is 18.4 Å². The summed E-state index contributed by atoms with van der Waals surface area (Å²) in [5.74, 6) is 0.961. The van der Waals surface area contributed by atoms with Crippen LogP contribution in [-0.2, 0) is 0 Å². The van der Waals surface area contributed by atoms with Gasteiger partial charge in [0.25, 0.3) is 5.91 Å². The highest BCUT2D eigenvalue weighted by Gasteiger charge is 2.23. The summed E-state index contributed by atoms with van der Waals surface area (Å²) in [5, 5.41) is 3.16. The summed E-state index contributed by atoms with van der Waals surface area (Å²) in [6.07, 6.45) is 1.91. The van der Waals surface area contributed by atoms with E-state index in [1.165, 1.54) is 4.88 Å². The van der Waals surface area contributed by atoms with Gasteiger partial charge >= 0.3 is 0 Å². The second-order valence-electron chi connectivity index (χ2n) is 5.82. The van der Waals surface area contributed by atoms with Gasteiger partial charge in [-0.1, -0.05) is 12.1 Å². The number of methoxy groups -OCH3 is 1. The van der Waals surface area contributed by atoms with Gasteiger partial charge in [-0.25, -0.2) is 0 Å². The molecular weight excluding hydrogens is 308 g/mol. The third-order valence-electron chi connectivity index (χ3n) is 4.22. The van der Waals surface area contributed by atoms with Crippen LogP contribution in [0.1, 0.15) is 27.4 Å². The van der Waals surface area contributed by atoms with E-state index in [2.05, 4.69) is 16.3 Å². The lowest BCUT2D eigenvalue weighted by atomic mass is 10.0. The van der Waals surface area contributed by atoms with Gasteiger partial charge in [-0.05, 0) is 44.0 Å². The Labute approximate surface area is 141 Å². The van der Waals surface area contributed by atoms with Gasteiger partial charge in [-0.3, -0.25) is 4.79 Å². The highest BCUT2D eigenvalue weighted by atomic mass is 32.1. The lowest BCUT2D eigenvalue weighted by molar-refractivity contribution is 0.0935. The maximum Gasteiger partial charge on any atom is 0.261 e. The van der Waals surface area contributed by atoms with E-state index in [-0.39, 0.29) is 11.9 Å². The van der Waals surface area contributed by atoms with E-state index >= 15 is 0 Å². The molecule has 0 atom stereocenters. The molecule has 1 N–H and O–H groups in total. The minimum Gasteiger partial charge on any atom is -0.495 e. The van der Waals surface area contributed by atoms with Gasteiger partial charge in [0.15, 0.2) is 0 Å². The predicted octanol–water partition coefficient (Wildman–Crippen LogP) is 3.46. The number of anilines is 1.